The molecule has 176 valence electrons. The molecule has 12 heteroatoms. The molecule has 0 atom stereocenters. The zero-order chi connectivity index (χ0) is 26.3. The zero-order valence-corrected chi connectivity index (χ0v) is 19.0. The van der Waals surface area contributed by atoms with Crippen LogP contribution >= 0.6 is 0 Å². The summed E-state index contributed by atoms with van der Waals surface area (Å²) in [4.78, 5) is 29.4. The number of carbonyl (C=O) groups excluding carboxylic acids is 2. The lowest BCUT2D eigenvalue weighted by atomic mass is 9.80. The maximum atomic E-state index is 12.6. The molecule has 4 N–H and O–H groups in total. The van der Waals surface area contributed by atoms with Gasteiger partial charge in [0, 0.05) is 41.6 Å². The molecule has 0 radical (unpaired) electrons. The molecule has 0 spiro atoms. The Morgan fingerprint density at radius 1 is 1.18 bits per heavy atom. The number of hydrogen-bond acceptors (Lipinski definition) is 9. The second kappa shape index (κ2) is 9.02. The van der Waals surface area contributed by atoms with Crippen LogP contribution in [0.2, 0.25) is 0 Å². The van der Waals surface area contributed by atoms with E-state index in [0.29, 0.717) is 12.8 Å². The van der Waals surface area contributed by atoms with Gasteiger partial charge >= 0.3 is 0 Å². The van der Waals surface area contributed by atoms with Crippen molar-refractivity contribution in [1.29, 1.82) is 0 Å². The molecule has 33 heavy (non-hydrogen) atoms. The number of aromatic nitrogens is 3. The topological polar surface area (TPSA) is 155 Å². The van der Waals surface area contributed by atoms with Crippen molar-refractivity contribution >= 4 is 39.0 Å². The molecular formula is C21H27N7O4S. The van der Waals surface area contributed by atoms with E-state index >= 15 is 0 Å². The first-order valence-electron chi connectivity index (χ1n) is 12.0. The molecule has 2 amide bonds. The van der Waals surface area contributed by atoms with Gasteiger partial charge in [-0.25, -0.2) is 13.4 Å². The number of nitrogens with one attached hydrogen (secondary N) is 4. The van der Waals surface area contributed by atoms with E-state index in [4.69, 9.17) is 4.11 Å². The van der Waals surface area contributed by atoms with Crippen molar-refractivity contribution in [2.24, 2.45) is 5.92 Å². The molecule has 0 aliphatic heterocycles. The zero-order valence-electron chi connectivity index (χ0n) is 21.2. The van der Waals surface area contributed by atoms with Crippen molar-refractivity contribution in [3.8, 4) is 0 Å². The fraction of sp³-hybridized carbons (Fsp3) is 0.476. The van der Waals surface area contributed by atoms with Gasteiger partial charge in [-0.2, -0.15) is 0 Å². The molecule has 2 aliphatic rings. The van der Waals surface area contributed by atoms with Crippen molar-refractivity contribution in [2.45, 2.75) is 42.5 Å². The summed E-state index contributed by atoms with van der Waals surface area (Å²) in [5, 5.41) is 18.0. The minimum absolute atomic E-state index is 0.0105. The Kier molecular flexibility index (Phi) is 5.29. The monoisotopic (exact) mass is 476 g/mol. The fourth-order valence-corrected chi connectivity index (χ4v) is 4.48. The first kappa shape index (κ1) is 19.4. The quantitative estimate of drug-likeness (QED) is 0.440. The molecule has 2 aliphatic carbocycles. The Bertz CT molecular complexity index is 1290. The van der Waals surface area contributed by atoms with Crippen LogP contribution in [0.5, 0.6) is 0 Å². The smallest absolute Gasteiger partial charge is 0.273 e. The highest BCUT2D eigenvalue weighted by molar-refractivity contribution is 7.90. The highest BCUT2D eigenvalue weighted by atomic mass is 32.2. The van der Waals surface area contributed by atoms with E-state index in [1.807, 2.05) is 12.4 Å². The maximum absolute atomic E-state index is 12.6. The fourth-order valence-electron chi connectivity index (χ4n) is 3.67. The van der Waals surface area contributed by atoms with Gasteiger partial charge in [-0.05, 0) is 50.3 Å². The minimum atomic E-state index is -3.71. The van der Waals surface area contributed by atoms with Crippen molar-refractivity contribution in [3.05, 3.63) is 29.6 Å². The Hall–Kier alpha value is -3.12. The van der Waals surface area contributed by atoms with Gasteiger partial charge < -0.3 is 21.3 Å². The van der Waals surface area contributed by atoms with Crippen molar-refractivity contribution in [1.82, 2.24) is 25.8 Å². The van der Waals surface area contributed by atoms with Crippen LogP contribution in [0.15, 0.2) is 23.2 Å². The van der Waals surface area contributed by atoms with Gasteiger partial charge in [0.1, 0.15) is 10.7 Å². The largest absolute Gasteiger partial charge is 0.354 e. The van der Waals surface area contributed by atoms with E-state index in [2.05, 4.69) is 31.1 Å². The van der Waals surface area contributed by atoms with Crippen LogP contribution in [0, 0.1) is 5.92 Å². The third-order valence-corrected chi connectivity index (χ3v) is 6.98. The third kappa shape index (κ3) is 5.11. The number of rotatable bonds is 8. The lowest BCUT2D eigenvalue weighted by Gasteiger charge is -2.33. The number of anilines is 3. The highest BCUT2D eigenvalue weighted by Crippen LogP contribution is 2.41. The molecule has 0 bridgehead atoms. The van der Waals surface area contributed by atoms with Crippen LogP contribution in [0.1, 0.15) is 51.8 Å². The maximum Gasteiger partial charge on any atom is 0.273 e. The summed E-state index contributed by atoms with van der Waals surface area (Å²) in [5.74, 6) is -1.35. The molecule has 0 saturated heterocycles. The molecule has 0 aromatic carbocycles. The van der Waals surface area contributed by atoms with Gasteiger partial charge in [0.05, 0.1) is 5.69 Å². The van der Waals surface area contributed by atoms with Gasteiger partial charge in [0.2, 0.25) is 5.91 Å². The summed E-state index contributed by atoms with van der Waals surface area (Å²) in [6.07, 6.45) is 5.82. The Balaban J connectivity index is 1.67. The number of amides is 2. The van der Waals surface area contributed by atoms with Crippen molar-refractivity contribution < 1.29 is 22.1 Å². The predicted octanol–water partition coefficient (Wildman–Crippen LogP) is 1.19. The molecular weight excluding hydrogens is 446 g/mol. The number of nitrogens with zero attached hydrogens (tertiary/aromatic N) is 3. The van der Waals surface area contributed by atoms with E-state index < -0.39 is 28.4 Å². The summed E-state index contributed by atoms with van der Waals surface area (Å²) in [6, 6.07) is 3.08. The Morgan fingerprint density at radius 2 is 1.94 bits per heavy atom. The van der Waals surface area contributed by atoms with Crippen LogP contribution in [0.25, 0.3) is 0 Å². The summed E-state index contributed by atoms with van der Waals surface area (Å²) in [6.45, 7) is -2.79. The number of hydrogen-bond donors (Lipinski definition) is 4. The van der Waals surface area contributed by atoms with E-state index in [0.717, 1.165) is 24.7 Å². The van der Waals surface area contributed by atoms with E-state index in [-0.39, 0.29) is 46.0 Å². The number of sulfone groups is 1. The molecule has 2 heterocycles. The predicted molar refractivity (Wildman–Crippen MR) is 122 cm³/mol. The molecule has 4 rings (SSSR count). The van der Waals surface area contributed by atoms with E-state index in [1.54, 1.807) is 6.20 Å². The Morgan fingerprint density at radius 3 is 2.58 bits per heavy atom. The molecule has 0 unspecified atom stereocenters. The molecule has 2 fully saturated rings. The first-order chi connectivity index (χ1) is 16.8. The van der Waals surface area contributed by atoms with Crippen molar-refractivity contribution in [3.63, 3.8) is 0 Å². The van der Waals surface area contributed by atoms with Crippen molar-refractivity contribution in [2.75, 3.05) is 30.9 Å². The summed E-state index contributed by atoms with van der Waals surface area (Å²) in [5.41, 5.74) is 0.318. The number of pyridine rings is 1. The minimum Gasteiger partial charge on any atom is -0.354 e. The summed E-state index contributed by atoms with van der Waals surface area (Å²) in [7, 11) is -1.89. The normalized spacial score (nSPS) is 21.7. The second-order valence-electron chi connectivity index (χ2n) is 8.38. The van der Waals surface area contributed by atoms with E-state index in [1.165, 1.54) is 12.1 Å². The standard InChI is InChI=1S/C21H27N7O4S/c1-22-14-6-12(7-14)20(29)26-17-9-15(18(28-27-17)21(30)23-2)25-19-16(33(3,31)32)8-13(10-24-19)11-4-5-11/h8-12,14,22H,4-7H2,1-3H3,(H,23,30)(H2,24,25,26,27,29)/i2D3. The summed E-state index contributed by atoms with van der Waals surface area (Å²) >= 11 is 0. The van der Waals surface area contributed by atoms with Crippen LogP contribution in [0.4, 0.5) is 17.3 Å². The van der Waals surface area contributed by atoms with Crippen LogP contribution < -0.4 is 21.3 Å². The molecule has 2 aromatic heterocycles. The third-order valence-electron chi connectivity index (χ3n) is 5.87. The Labute approximate surface area is 196 Å². The van der Waals surface area contributed by atoms with Crippen LogP contribution in [-0.4, -0.2) is 61.7 Å². The average molecular weight is 477 g/mol. The van der Waals surface area contributed by atoms with Gasteiger partial charge in [-0.15, -0.1) is 10.2 Å². The lowest BCUT2D eigenvalue weighted by molar-refractivity contribution is -0.122. The van der Waals surface area contributed by atoms with Gasteiger partial charge in [0.15, 0.2) is 21.3 Å². The van der Waals surface area contributed by atoms with Crippen LogP contribution in [0.3, 0.4) is 0 Å². The molecule has 11 nitrogen and oxygen atoms in total. The van der Waals surface area contributed by atoms with Gasteiger partial charge in [-0.1, -0.05) is 0 Å². The lowest BCUT2D eigenvalue weighted by Crippen LogP contribution is -2.44. The molecule has 2 saturated carbocycles. The molecule has 2 aromatic rings. The SMILES string of the molecule is [2H]C([2H])([2H])NC(=O)c1nnc(NC(=O)C2CC(NC)C2)cc1Nc1ncc(C2CC2)cc1S(C)(=O)=O. The highest BCUT2D eigenvalue weighted by Gasteiger charge is 2.34. The van der Waals surface area contributed by atoms with E-state index in [9.17, 15) is 18.0 Å². The van der Waals surface area contributed by atoms with Gasteiger partial charge in [0.25, 0.3) is 5.91 Å². The number of carbonyl (C=O) groups is 2. The van der Waals surface area contributed by atoms with Crippen LogP contribution in [-0.2, 0) is 14.6 Å². The first-order valence-corrected chi connectivity index (χ1v) is 12.4. The van der Waals surface area contributed by atoms with Gasteiger partial charge in [-0.3, -0.25) is 9.59 Å². The second-order valence-corrected chi connectivity index (χ2v) is 10.4. The summed E-state index contributed by atoms with van der Waals surface area (Å²) < 4.78 is 46.9. The average Bonchev–Trinajstić information content (AvgIpc) is 3.57.